The fraction of sp³-hybridized carbons (Fsp3) is 0.300. The Bertz CT molecular complexity index is 1120. The first kappa shape index (κ1) is 19.1. The lowest BCUT2D eigenvalue weighted by Crippen LogP contribution is -2.44. The van der Waals surface area contributed by atoms with Gasteiger partial charge in [0, 0.05) is 48.3 Å². The van der Waals surface area contributed by atoms with Crippen molar-refractivity contribution in [2.45, 2.75) is 9.79 Å². The van der Waals surface area contributed by atoms with Gasteiger partial charge in [-0.25, -0.2) is 8.42 Å². The highest BCUT2D eigenvalue weighted by molar-refractivity contribution is 7.91. The quantitative estimate of drug-likeness (QED) is 0.702. The molecule has 148 valence electrons. The number of nitrogens with one attached hydrogen (secondary N) is 1. The Labute approximate surface area is 169 Å². The molecule has 0 atom stereocenters. The average molecular weight is 420 g/mol. The number of ether oxygens (including phenoxy) is 1. The zero-order valence-electron chi connectivity index (χ0n) is 15.8. The van der Waals surface area contributed by atoms with Gasteiger partial charge < -0.3 is 19.5 Å². The lowest BCUT2D eigenvalue weighted by molar-refractivity contribution is 0.311. The summed E-state index contributed by atoms with van der Waals surface area (Å²) in [6.07, 6.45) is 1.52. The van der Waals surface area contributed by atoms with Gasteiger partial charge in [0.05, 0.1) is 22.6 Å². The van der Waals surface area contributed by atoms with Crippen LogP contribution in [-0.4, -0.2) is 58.6 Å². The van der Waals surface area contributed by atoms with Crippen LogP contribution in [-0.2, 0) is 9.84 Å². The molecule has 1 aliphatic rings. The number of likely N-dealkylation sites (N-methyl/N-ethyl adjacent to an activating group) is 1. The van der Waals surface area contributed by atoms with Crippen molar-refractivity contribution in [2.75, 3.05) is 45.2 Å². The van der Waals surface area contributed by atoms with Crippen molar-refractivity contribution < 1.29 is 13.2 Å². The van der Waals surface area contributed by atoms with E-state index in [1.165, 1.54) is 6.20 Å². The third-order valence-electron chi connectivity index (χ3n) is 5.20. The Morgan fingerprint density at radius 2 is 1.82 bits per heavy atom. The molecule has 28 heavy (non-hydrogen) atoms. The Balaban J connectivity index is 1.79. The molecule has 0 amide bonds. The third kappa shape index (κ3) is 3.34. The number of sulfone groups is 1. The molecule has 1 aliphatic heterocycles. The van der Waals surface area contributed by atoms with E-state index in [0.717, 1.165) is 37.4 Å². The minimum atomic E-state index is -3.72. The molecule has 8 heteroatoms. The second-order valence-corrected chi connectivity index (χ2v) is 9.32. The Morgan fingerprint density at radius 3 is 2.54 bits per heavy atom. The van der Waals surface area contributed by atoms with Crippen LogP contribution in [0.5, 0.6) is 5.75 Å². The van der Waals surface area contributed by atoms with E-state index in [1.54, 1.807) is 43.5 Å². The fourth-order valence-electron chi connectivity index (χ4n) is 3.55. The molecule has 2 heterocycles. The van der Waals surface area contributed by atoms with Crippen LogP contribution in [0.15, 0.2) is 52.4 Å². The largest absolute Gasteiger partial charge is 0.495 e. The number of piperazine rings is 1. The molecule has 2 aromatic carbocycles. The minimum Gasteiger partial charge on any atom is -0.495 e. The number of nitrogens with zero attached hydrogens (tertiary/aromatic N) is 2. The summed E-state index contributed by atoms with van der Waals surface area (Å²) in [5, 5.41) is 1.08. The summed E-state index contributed by atoms with van der Waals surface area (Å²) >= 11 is 6.09. The van der Waals surface area contributed by atoms with Gasteiger partial charge in [0.15, 0.2) is 0 Å². The molecular formula is C20H22ClN3O3S. The SMILES string of the molecule is COc1ccc(S(=O)(=O)c2c[nH]c3ccc(Cl)cc23)cc1N1CCN(C)CC1. The van der Waals surface area contributed by atoms with E-state index >= 15 is 0 Å². The molecule has 0 aliphatic carbocycles. The molecular weight excluding hydrogens is 398 g/mol. The molecule has 1 aromatic heterocycles. The van der Waals surface area contributed by atoms with Gasteiger partial charge in [0.25, 0.3) is 0 Å². The Hall–Kier alpha value is -2.22. The van der Waals surface area contributed by atoms with Gasteiger partial charge in [-0.3, -0.25) is 0 Å². The van der Waals surface area contributed by atoms with Crippen LogP contribution in [0.1, 0.15) is 0 Å². The lowest BCUT2D eigenvalue weighted by Gasteiger charge is -2.34. The van der Waals surface area contributed by atoms with Crippen LogP contribution in [0.25, 0.3) is 10.9 Å². The second kappa shape index (κ2) is 7.31. The number of hydrogen-bond donors (Lipinski definition) is 1. The second-order valence-electron chi connectivity index (χ2n) is 6.97. The summed E-state index contributed by atoms with van der Waals surface area (Å²) < 4.78 is 32.2. The predicted octanol–water partition coefficient (Wildman–Crippen LogP) is 3.41. The summed E-state index contributed by atoms with van der Waals surface area (Å²) in [5.74, 6) is 0.672. The van der Waals surface area contributed by atoms with Crippen LogP contribution in [0.4, 0.5) is 5.69 Å². The molecule has 0 saturated carbocycles. The normalized spacial score (nSPS) is 15.9. The molecule has 1 fully saturated rings. The van der Waals surface area contributed by atoms with Crippen LogP contribution >= 0.6 is 11.6 Å². The maximum Gasteiger partial charge on any atom is 0.208 e. The maximum absolute atomic E-state index is 13.4. The highest BCUT2D eigenvalue weighted by Crippen LogP contribution is 2.35. The monoisotopic (exact) mass is 419 g/mol. The summed E-state index contributed by atoms with van der Waals surface area (Å²) in [5.41, 5.74) is 1.53. The first-order valence-electron chi connectivity index (χ1n) is 9.03. The van der Waals surface area contributed by atoms with E-state index in [-0.39, 0.29) is 9.79 Å². The molecule has 3 aromatic rings. The van der Waals surface area contributed by atoms with E-state index in [2.05, 4.69) is 21.8 Å². The molecule has 1 N–H and O–H groups in total. The van der Waals surface area contributed by atoms with Gasteiger partial charge >= 0.3 is 0 Å². The highest BCUT2D eigenvalue weighted by atomic mass is 35.5. The lowest BCUT2D eigenvalue weighted by atomic mass is 10.2. The highest BCUT2D eigenvalue weighted by Gasteiger charge is 2.25. The zero-order valence-corrected chi connectivity index (χ0v) is 17.3. The van der Waals surface area contributed by atoms with Crippen LogP contribution in [0.2, 0.25) is 5.02 Å². The van der Waals surface area contributed by atoms with Crippen molar-refractivity contribution in [3.63, 3.8) is 0 Å². The number of fused-ring (bicyclic) bond motifs is 1. The van der Waals surface area contributed by atoms with Gasteiger partial charge in [0.2, 0.25) is 9.84 Å². The van der Waals surface area contributed by atoms with Gasteiger partial charge in [-0.1, -0.05) is 11.6 Å². The summed E-state index contributed by atoms with van der Waals surface area (Å²) in [4.78, 5) is 7.90. The number of halogens is 1. The number of benzene rings is 2. The molecule has 4 rings (SSSR count). The predicted molar refractivity (Wildman–Crippen MR) is 111 cm³/mol. The first-order valence-corrected chi connectivity index (χ1v) is 10.9. The number of aromatic amines is 1. The van der Waals surface area contributed by atoms with E-state index in [1.807, 2.05) is 0 Å². The summed E-state index contributed by atoms with van der Waals surface area (Å²) in [7, 11) is -0.0356. The summed E-state index contributed by atoms with van der Waals surface area (Å²) in [6, 6.07) is 10.2. The van der Waals surface area contributed by atoms with Gasteiger partial charge in [-0.2, -0.15) is 0 Å². The number of methoxy groups -OCH3 is 1. The number of anilines is 1. The molecule has 1 saturated heterocycles. The van der Waals surface area contributed by atoms with Crippen LogP contribution < -0.4 is 9.64 Å². The topological polar surface area (TPSA) is 65.6 Å². The number of hydrogen-bond acceptors (Lipinski definition) is 5. The van der Waals surface area contributed by atoms with E-state index in [9.17, 15) is 8.42 Å². The van der Waals surface area contributed by atoms with Crippen molar-refractivity contribution in [3.8, 4) is 5.75 Å². The van der Waals surface area contributed by atoms with Crippen molar-refractivity contribution >= 4 is 38.0 Å². The summed E-state index contributed by atoms with van der Waals surface area (Å²) in [6.45, 7) is 3.47. The molecule has 0 spiro atoms. The van der Waals surface area contributed by atoms with E-state index in [4.69, 9.17) is 16.3 Å². The number of aromatic nitrogens is 1. The van der Waals surface area contributed by atoms with Gasteiger partial charge in [-0.05, 0) is 43.4 Å². The van der Waals surface area contributed by atoms with Crippen LogP contribution in [0.3, 0.4) is 0 Å². The first-order chi connectivity index (χ1) is 13.4. The average Bonchev–Trinajstić information content (AvgIpc) is 3.12. The van der Waals surface area contributed by atoms with E-state index in [0.29, 0.717) is 16.2 Å². The zero-order chi connectivity index (χ0) is 19.9. The van der Waals surface area contributed by atoms with E-state index < -0.39 is 9.84 Å². The number of H-pyrrole nitrogens is 1. The van der Waals surface area contributed by atoms with Gasteiger partial charge in [-0.15, -0.1) is 0 Å². The smallest absolute Gasteiger partial charge is 0.208 e. The van der Waals surface area contributed by atoms with Crippen molar-refractivity contribution in [1.82, 2.24) is 9.88 Å². The third-order valence-corrected chi connectivity index (χ3v) is 7.23. The maximum atomic E-state index is 13.4. The Morgan fingerprint density at radius 1 is 1.07 bits per heavy atom. The van der Waals surface area contributed by atoms with Crippen molar-refractivity contribution in [3.05, 3.63) is 47.6 Å². The Kier molecular flexibility index (Phi) is 4.99. The van der Waals surface area contributed by atoms with Crippen LogP contribution in [0, 0.1) is 0 Å². The minimum absolute atomic E-state index is 0.222. The van der Waals surface area contributed by atoms with Crippen molar-refractivity contribution in [1.29, 1.82) is 0 Å². The fourth-order valence-corrected chi connectivity index (χ4v) is 5.16. The van der Waals surface area contributed by atoms with Crippen molar-refractivity contribution in [2.24, 2.45) is 0 Å². The molecule has 0 unspecified atom stereocenters. The molecule has 6 nitrogen and oxygen atoms in total. The standard InChI is InChI=1S/C20H22ClN3O3S/c1-23-7-9-24(10-8-23)18-12-15(4-6-19(18)27-2)28(25,26)20-13-22-17-5-3-14(21)11-16(17)20/h3-6,11-13,22H,7-10H2,1-2H3. The van der Waals surface area contributed by atoms with Gasteiger partial charge in [0.1, 0.15) is 5.75 Å². The molecule has 0 radical (unpaired) electrons. The molecule has 0 bridgehead atoms. The number of rotatable bonds is 4.